The molecule has 1 aliphatic heterocycles. The molecule has 1 aromatic rings. The Labute approximate surface area is 85.4 Å². The molecule has 0 saturated carbocycles. The standard InChI is InChI=1S/C8H6Cl2N2O/c9-5-3-11-4-6(10)7(5)8-12-1-2-13-8/h3-4H,1-2H2. The molecule has 5 heteroatoms. The highest BCUT2D eigenvalue weighted by molar-refractivity contribution is 6.39. The maximum absolute atomic E-state index is 5.90. The van der Waals surface area contributed by atoms with E-state index in [0.717, 1.165) is 0 Å². The third-order valence-corrected chi connectivity index (χ3v) is 2.23. The van der Waals surface area contributed by atoms with Crippen LogP contribution in [0.15, 0.2) is 17.4 Å². The number of halogens is 2. The van der Waals surface area contributed by atoms with E-state index in [1.807, 2.05) is 0 Å². The van der Waals surface area contributed by atoms with Crippen LogP contribution in [-0.4, -0.2) is 24.0 Å². The van der Waals surface area contributed by atoms with Crippen molar-refractivity contribution in [2.75, 3.05) is 13.2 Å². The molecule has 0 amide bonds. The van der Waals surface area contributed by atoms with Crippen LogP contribution in [0.25, 0.3) is 0 Å². The van der Waals surface area contributed by atoms with Crippen LogP contribution in [0, 0.1) is 0 Å². The lowest BCUT2D eigenvalue weighted by atomic mass is 10.2. The average Bonchev–Trinajstić information content (AvgIpc) is 2.57. The first-order chi connectivity index (χ1) is 6.29. The lowest BCUT2D eigenvalue weighted by molar-refractivity contribution is 0.348. The quantitative estimate of drug-likeness (QED) is 0.722. The lowest BCUT2D eigenvalue weighted by Gasteiger charge is -2.04. The van der Waals surface area contributed by atoms with Crippen LogP contribution in [0.1, 0.15) is 5.56 Å². The van der Waals surface area contributed by atoms with E-state index in [0.29, 0.717) is 34.7 Å². The van der Waals surface area contributed by atoms with Gasteiger partial charge < -0.3 is 4.74 Å². The van der Waals surface area contributed by atoms with Crippen molar-refractivity contribution in [2.24, 2.45) is 4.99 Å². The second-order valence-corrected chi connectivity index (χ2v) is 3.33. The molecule has 3 nitrogen and oxygen atoms in total. The maximum Gasteiger partial charge on any atom is 0.219 e. The SMILES string of the molecule is Clc1cncc(Cl)c1C1=NCCO1. The molecule has 2 rings (SSSR count). The molecule has 0 saturated heterocycles. The van der Waals surface area contributed by atoms with Gasteiger partial charge in [0, 0.05) is 12.4 Å². The van der Waals surface area contributed by atoms with Gasteiger partial charge in [-0.1, -0.05) is 23.2 Å². The van der Waals surface area contributed by atoms with Gasteiger partial charge in [-0.2, -0.15) is 0 Å². The van der Waals surface area contributed by atoms with Crippen molar-refractivity contribution in [3.63, 3.8) is 0 Å². The summed E-state index contributed by atoms with van der Waals surface area (Å²) in [6, 6.07) is 0. The van der Waals surface area contributed by atoms with Crippen LogP contribution in [0.4, 0.5) is 0 Å². The van der Waals surface area contributed by atoms with Crippen molar-refractivity contribution >= 4 is 29.1 Å². The summed E-state index contributed by atoms with van der Waals surface area (Å²) in [5.41, 5.74) is 0.635. The first-order valence-electron chi connectivity index (χ1n) is 3.75. The molecule has 1 aromatic heterocycles. The van der Waals surface area contributed by atoms with Gasteiger partial charge in [0.05, 0.1) is 22.2 Å². The van der Waals surface area contributed by atoms with Crippen molar-refractivity contribution < 1.29 is 4.74 Å². The smallest absolute Gasteiger partial charge is 0.219 e. The molecule has 0 fully saturated rings. The van der Waals surface area contributed by atoms with Crippen molar-refractivity contribution in [3.05, 3.63) is 28.0 Å². The van der Waals surface area contributed by atoms with E-state index in [1.54, 1.807) is 0 Å². The minimum absolute atomic E-state index is 0.466. The van der Waals surface area contributed by atoms with Crippen LogP contribution < -0.4 is 0 Å². The molecule has 1 aliphatic rings. The molecule has 0 spiro atoms. The number of aromatic nitrogens is 1. The second-order valence-electron chi connectivity index (χ2n) is 2.51. The molecular weight excluding hydrogens is 211 g/mol. The minimum Gasteiger partial charge on any atom is -0.475 e. The number of hydrogen-bond acceptors (Lipinski definition) is 3. The Kier molecular flexibility index (Phi) is 2.38. The van der Waals surface area contributed by atoms with E-state index in [2.05, 4.69) is 9.98 Å². The van der Waals surface area contributed by atoms with Crippen molar-refractivity contribution in [1.82, 2.24) is 4.98 Å². The summed E-state index contributed by atoms with van der Waals surface area (Å²) in [7, 11) is 0. The highest BCUT2D eigenvalue weighted by Gasteiger charge is 2.17. The van der Waals surface area contributed by atoms with Gasteiger partial charge in [0.2, 0.25) is 5.90 Å². The summed E-state index contributed by atoms with van der Waals surface area (Å²) in [5, 5.41) is 0.932. The first kappa shape index (κ1) is 8.78. The summed E-state index contributed by atoms with van der Waals surface area (Å²) >= 11 is 11.8. The third-order valence-electron chi connectivity index (χ3n) is 1.65. The van der Waals surface area contributed by atoms with Gasteiger partial charge in [0.15, 0.2) is 0 Å². The molecule has 13 heavy (non-hydrogen) atoms. The normalized spacial score (nSPS) is 15.4. The van der Waals surface area contributed by atoms with E-state index in [4.69, 9.17) is 27.9 Å². The van der Waals surface area contributed by atoms with E-state index in [9.17, 15) is 0 Å². The van der Waals surface area contributed by atoms with Crippen molar-refractivity contribution in [2.45, 2.75) is 0 Å². The van der Waals surface area contributed by atoms with Crippen LogP contribution in [0.5, 0.6) is 0 Å². The molecule has 0 aliphatic carbocycles. The molecule has 0 radical (unpaired) electrons. The zero-order chi connectivity index (χ0) is 9.26. The highest BCUT2D eigenvalue weighted by Crippen LogP contribution is 2.25. The average molecular weight is 217 g/mol. The summed E-state index contributed by atoms with van der Waals surface area (Å²) in [6.07, 6.45) is 3.04. The Bertz CT molecular complexity index is 345. The Morgan fingerprint density at radius 1 is 1.23 bits per heavy atom. The number of rotatable bonds is 1. The molecule has 0 atom stereocenters. The topological polar surface area (TPSA) is 34.5 Å². The number of hydrogen-bond donors (Lipinski definition) is 0. The third kappa shape index (κ3) is 1.62. The van der Waals surface area contributed by atoms with Gasteiger partial charge in [-0.05, 0) is 0 Å². The van der Waals surface area contributed by atoms with Crippen LogP contribution in [-0.2, 0) is 4.74 Å². The molecular formula is C8H6Cl2N2O. The van der Waals surface area contributed by atoms with Crippen molar-refractivity contribution in [3.8, 4) is 0 Å². The number of aliphatic imine (C=N–C) groups is 1. The molecule has 2 heterocycles. The predicted molar refractivity (Wildman–Crippen MR) is 51.6 cm³/mol. The number of ether oxygens (including phenoxy) is 1. The van der Waals surface area contributed by atoms with Gasteiger partial charge in [-0.3, -0.25) is 4.98 Å². The van der Waals surface area contributed by atoms with Gasteiger partial charge in [0.25, 0.3) is 0 Å². The van der Waals surface area contributed by atoms with Crippen LogP contribution in [0.2, 0.25) is 10.0 Å². The molecule has 0 aromatic carbocycles. The minimum atomic E-state index is 0.466. The second kappa shape index (κ2) is 3.52. The largest absolute Gasteiger partial charge is 0.475 e. The fourth-order valence-corrected chi connectivity index (χ4v) is 1.63. The Hall–Kier alpha value is -0.800. The number of nitrogens with zero attached hydrogens (tertiary/aromatic N) is 2. The van der Waals surface area contributed by atoms with Gasteiger partial charge >= 0.3 is 0 Å². The lowest BCUT2D eigenvalue weighted by Crippen LogP contribution is -2.03. The predicted octanol–water partition coefficient (Wildman–Crippen LogP) is 2.17. The molecule has 0 unspecified atom stereocenters. The highest BCUT2D eigenvalue weighted by atomic mass is 35.5. The molecule has 68 valence electrons. The summed E-state index contributed by atoms with van der Waals surface area (Å²) in [5.74, 6) is 0.511. The first-order valence-corrected chi connectivity index (χ1v) is 4.51. The monoisotopic (exact) mass is 216 g/mol. The molecule has 0 N–H and O–H groups in total. The Balaban J connectivity index is 2.49. The van der Waals surface area contributed by atoms with E-state index >= 15 is 0 Å². The summed E-state index contributed by atoms with van der Waals surface area (Å²) in [4.78, 5) is 7.97. The van der Waals surface area contributed by atoms with E-state index in [1.165, 1.54) is 12.4 Å². The molecule has 0 bridgehead atoms. The Morgan fingerprint density at radius 3 is 2.46 bits per heavy atom. The fourth-order valence-electron chi connectivity index (χ4n) is 1.10. The van der Waals surface area contributed by atoms with Crippen molar-refractivity contribution in [1.29, 1.82) is 0 Å². The summed E-state index contributed by atoms with van der Waals surface area (Å²) in [6.45, 7) is 1.24. The fraction of sp³-hybridized carbons (Fsp3) is 0.250. The van der Waals surface area contributed by atoms with E-state index in [-0.39, 0.29) is 0 Å². The van der Waals surface area contributed by atoms with E-state index < -0.39 is 0 Å². The van der Waals surface area contributed by atoms with Gasteiger partial charge in [0.1, 0.15) is 6.61 Å². The zero-order valence-electron chi connectivity index (χ0n) is 6.63. The maximum atomic E-state index is 5.90. The van der Waals surface area contributed by atoms with Gasteiger partial charge in [-0.25, -0.2) is 4.99 Å². The van der Waals surface area contributed by atoms with Crippen LogP contribution >= 0.6 is 23.2 Å². The van der Waals surface area contributed by atoms with Gasteiger partial charge in [-0.15, -0.1) is 0 Å². The Morgan fingerprint density at radius 2 is 1.92 bits per heavy atom. The summed E-state index contributed by atoms with van der Waals surface area (Å²) < 4.78 is 5.25. The van der Waals surface area contributed by atoms with Crippen LogP contribution in [0.3, 0.4) is 0 Å². The number of pyridine rings is 1. The zero-order valence-corrected chi connectivity index (χ0v) is 8.14.